The summed E-state index contributed by atoms with van der Waals surface area (Å²) in [5, 5.41) is 3.50. The van der Waals surface area contributed by atoms with Crippen molar-refractivity contribution in [1.82, 2.24) is 15.1 Å². The minimum atomic E-state index is 0.350. The van der Waals surface area contributed by atoms with Crippen molar-refractivity contribution in [2.24, 2.45) is 0 Å². The summed E-state index contributed by atoms with van der Waals surface area (Å²) in [5.74, 6) is 0. The first-order valence-corrected chi connectivity index (χ1v) is 7.68. The molecule has 0 saturated heterocycles. The highest BCUT2D eigenvalue weighted by Gasteiger charge is 2.11. The van der Waals surface area contributed by atoms with Crippen LogP contribution in [0, 0.1) is 0 Å². The fraction of sp³-hybridized carbons (Fsp3) is 1.00. The van der Waals surface area contributed by atoms with Crippen LogP contribution in [0.4, 0.5) is 0 Å². The van der Waals surface area contributed by atoms with E-state index in [2.05, 4.69) is 56.9 Å². The van der Waals surface area contributed by atoms with Gasteiger partial charge in [-0.05, 0) is 54.4 Å². The molecule has 0 fully saturated rings. The van der Waals surface area contributed by atoms with Crippen molar-refractivity contribution >= 4 is 0 Å². The monoisotopic (exact) mass is 273 g/mol. The number of ether oxygens (including phenoxy) is 1. The molecule has 0 amide bonds. The molecule has 0 saturated carbocycles. The number of nitrogens with zero attached hydrogens (tertiary/aromatic N) is 2. The first kappa shape index (κ1) is 18.8. The molecule has 0 heterocycles. The molecule has 0 radical (unpaired) electrons. The number of hydrogen-bond acceptors (Lipinski definition) is 4. The summed E-state index contributed by atoms with van der Waals surface area (Å²) in [7, 11) is 4.27. The summed E-state index contributed by atoms with van der Waals surface area (Å²) in [4.78, 5) is 4.78. The van der Waals surface area contributed by atoms with Crippen molar-refractivity contribution in [2.45, 2.75) is 46.3 Å². The molecule has 0 aromatic rings. The lowest BCUT2D eigenvalue weighted by molar-refractivity contribution is 0.0769. The molecule has 4 heteroatoms. The summed E-state index contributed by atoms with van der Waals surface area (Å²) >= 11 is 0. The Hall–Kier alpha value is -0.160. The van der Waals surface area contributed by atoms with Gasteiger partial charge in [-0.2, -0.15) is 0 Å². The number of hydrogen-bond donors (Lipinski definition) is 1. The highest BCUT2D eigenvalue weighted by molar-refractivity contribution is 4.69. The van der Waals surface area contributed by atoms with Crippen LogP contribution in [0.15, 0.2) is 0 Å². The minimum absolute atomic E-state index is 0.350. The lowest BCUT2D eigenvalue weighted by Crippen LogP contribution is -2.43. The Morgan fingerprint density at radius 1 is 1.11 bits per heavy atom. The molecule has 1 N–H and O–H groups in total. The average molecular weight is 273 g/mol. The Labute approximate surface area is 120 Å². The molecule has 4 nitrogen and oxygen atoms in total. The van der Waals surface area contributed by atoms with Gasteiger partial charge in [0.05, 0.1) is 6.10 Å². The van der Waals surface area contributed by atoms with Gasteiger partial charge in [-0.3, -0.25) is 4.90 Å². The number of nitrogens with one attached hydrogen (secondary N) is 1. The van der Waals surface area contributed by atoms with Crippen LogP contribution in [-0.4, -0.2) is 75.4 Å². The van der Waals surface area contributed by atoms with Crippen LogP contribution in [0.3, 0.4) is 0 Å². The molecule has 0 aliphatic rings. The SMILES string of the molecule is CCN(CCNCCCOC(C)C)C(C)CN(C)C. The van der Waals surface area contributed by atoms with Gasteiger partial charge in [0.15, 0.2) is 0 Å². The zero-order valence-corrected chi connectivity index (χ0v) is 13.9. The average Bonchev–Trinajstić information content (AvgIpc) is 2.31. The highest BCUT2D eigenvalue weighted by atomic mass is 16.5. The van der Waals surface area contributed by atoms with Gasteiger partial charge in [0.25, 0.3) is 0 Å². The van der Waals surface area contributed by atoms with Gasteiger partial charge < -0.3 is 15.0 Å². The van der Waals surface area contributed by atoms with E-state index in [1.807, 2.05) is 0 Å². The van der Waals surface area contributed by atoms with Gasteiger partial charge >= 0.3 is 0 Å². The Bertz CT molecular complexity index is 198. The second-order valence-corrected chi connectivity index (χ2v) is 5.76. The Morgan fingerprint density at radius 3 is 2.32 bits per heavy atom. The maximum atomic E-state index is 5.52. The maximum Gasteiger partial charge on any atom is 0.0518 e. The third-order valence-electron chi connectivity index (χ3n) is 3.18. The molecule has 1 atom stereocenters. The van der Waals surface area contributed by atoms with Crippen molar-refractivity contribution < 1.29 is 4.74 Å². The van der Waals surface area contributed by atoms with Gasteiger partial charge in [-0.15, -0.1) is 0 Å². The van der Waals surface area contributed by atoms with Crippen LogP contribution in [0.1, 0.15) is 34.1 Å². The maximum absolute atomic E-state index is 5.52. The quantitative estimate of drug-likeness (QED) is 0.547. The van der Waals surface area contributed by atoms with Crippen LogP contribution in [-0.2, 0) is 4.74 Å². The fourth-order valence-corrected chi connectivity index (χ4v) is 2.20. The van der Waals surface area contributed by atoms with E-state index in [0.29, 0.717) is 12.1 Å². The smallest absolute Gasteiger partial charge is 0.0518 e. The second-order valence-electron chi connectivity index (χ2n) is 5.76. The largest absolute Gasteiger partial charge is 0.379 e. The standard InChI is InChI=1S/C15H35N3O/c1-7-18(15(4)13-17(5)6)11-10-16-9-8-12-19-14(2)3/h14-16H,7-13H2,1-6H3. The van der Waals surface area contributed by atoms with E-state index in [-0.39, 0.29) is 0 Å². The van der Waals surface area contributed by atoms with E-state index in [0.717, 1.165) is 45.8 Å². The molecular weight excluding hydrogens is 238 g/mol. The predicted molar refractivity (Wildman–Crippen MR) is 83.8 cm³/mol. The van der Waals surface area contributed by atoms with Crippen LogP contribution < -0.4 is 5.32 Å². The number of likely N-dealkylation sites (N-methyl/N-ethyl adjacent to an activating group) is 2. The predicted octanol–water partition coefficient (Wildman–Crippen LogP) is 1.66. The van der Waals surface area contributed by atoms with Crippen molar-refractivity contribution in [3.05, 3.63) is 0 Å². The van der Waals surface area contributed by atoms with Crippen LogP contribution in [0.2, 0.25) is 0 Å². The first-order chi connectivity index (χ1) is 8.97. The van der Waals surface area contributed by atoms with Crippen molar-refractivity contribution in [3.63, 3.8) is 0 Å². The Balaban J connectivity index is 3.56. The molecule has 0 spiro atoms. The minimum Gasteiger partial charge on any atom is -0.379 e. The van der Waals surface area contributed by atoms with Crippen molar-refractivity contribution in [2.75, 3.05) is 53.4 Å². The van der Waals surface area contributed by atoms with E-state index < -0.39 is 0 Å². The van der Waals surface area contributed by atoms with E-state index in [1.54, 1.807) is 0 Å². The molecule has 0 aromatic carbocycles. The van der Waals surface area contributed by atoms with Gasteiger partial charge in [0, 0.05) is 32.3 Å². The summed E-state index contributed by atoms with van der Waals surface area (Å²) in [6.07, 6.45) is 1.44. The molecule has 0 aliphatic carbocycles. The molecule has 19 heavy (non-hydrogen) atoms. The summed E-state index contributed by atoms with van der Waals surface area (Å²) in [6, 6.07) is 0.617. The van der Waals surface area contributed by atoms with E-state index in [9.17, 15) is 0 Å². The molecule has 1 unspecified atom stereocenters. The first-order valence-electron chi connectivity index (χ1n) is 7.68. The van der Waals surface area contributed by atoms with Crippen molar-refractivity contribution in [3.8, 4) is 0 Å². The highest BCUT2D eigenvalue weighted by Crippen LogP contribution is 1.99. The lowest BCUT2D eigenvalue weighted by Gasteiger charge is -2.30. The summed E-state index contributed by atoms with van der Waals surface area (Å²) in [6.45, 7) is 15.0. The molecule has 0 rings (SSSR count). The summed E-state index contributed by atoms with van der Waals surface area (Å²) in [5.41, 5.74) is 0. The second kappa shape index (κ2) is 11.6. The van der Waals surface area contributed by atoms with Crippen LogP contribution >= 0.6 is 0 Å². The molecule has 0 aromatic heterocycles. The molecular formula is C15H35N3O. The zero-order chi connectivity index (χ0) is 14.7. The zero-order valence-electron chi connectivity index (χ0n) is 13.9. The molecule has 0 bridgehead atoms. The van der Waals surface area contributed by atoms with Crippen molar-refractivity contribution in [1.29, 1.82) is 0 Å². The lowest BCUT2D eigenvalue weighted by atomic mass is 10.2. The molecule has 116 valence electrons. The van der Waals surface area contributed by atoms with E-state index in [1.165, 1.54) is 0 Å². The van der Waals surface area contributed by atoms with Gasteiger partial charge in [-0.25, -0.2) is 0 Å². The van der Waals surface area contributed by atoms with Gasteiger partial charge in [0.1, 0.15) is 0 Å². The van der Waals surface area contributed by atoms with E-state index in [4.69, 9.17) is 4.74 Å². The van der Waals surface area contributed by atoms with Gasteiger partial charge in [-0.1, -0.05) is 6.92 Å². The normalized spacial score (nSPS) is 13.7. The van der Waals surface area contributed by atoms with Crippen LogP contribution in [0.25, 0.3) is 0 Å². The van der Waals surface area contributed by atoms with Gasteiger partial charge in [0.2, 0.25) is 0 Å². The fourth-order valence-electron chi connectivity index (χ4n) is 2.20. The topological polar surface area (TPSA) is 27.7 Å². The molecule has 0 aliphatic heterocycles. The van der Waals surface area contributed by atoms with Crippen LogP contribution in [0.5, 0.6) is 0 Å². The third kappa shape index (κ3) is 11.4. The summed E-state index contributed by atoms with van der Waals surface area (Å²) < 4.78 is 5.52. The number of rotatable bonds is 12. The Kier molecular flexibility index (Phi) is 11.6. The Morgan fingerprint density at radius 2 is 1.79 bits per heavy atom. The third-order valence-corrected chi connectivity index (χ3v) is 3.18. The van der Waals surface area contributed by atoms with E-state index >= 15 is 0 Å².